The number of rotatable bonds is 2. The van der Waals surface area contributed by atoms with Crippen molar-refractivity contribution < 1.29 is 4.52 Å². The molecule has 0 unspecified atom stereocenters. The van der Waals surface area contributed by atoms with Crippen molar-refractivity contribution >= 4 is 6.01 Å². The second kappa shape index (κ2) is 3.83. The van der Waals surface area contributed by atoms with Gasteiger partial charge < -0.3 is 9.84 Å². The molecule has 0 aromatic carbocycles. The zero-order valence-corrected chi connectivity index (χ0v) is 9.71. The van der Waals surface area contributed by atoms with E-state index in [1.54, 1.807) is 0 Å². The molecule has 1 aromatic rings. The van der Waals surface area contributed by atoms with Gasteiger partial charge in [0.2, 0.25) is 0 Å². The summed E-state index contributed by atoms with van der Waals surface area (Å²) >= 11 is 0. The standard InChI is InChI=1S/C11H19N3O/c1-8-12-10(15-14-8)13-9-4-6-11(2,3)7-5-9/h9H,4-7H2,1-3H3,(H,12,13,14). The normalized spacial score (nSPS) is 21.5. The van der Waals surface area contributed by atoms with E-state index in [4.69, 9.17) is 4.52 Å². The van der Waals surface area contributed by atoms with Gasteiger partial charge in [-0.2, -0.15) is 4.98 Å². The largest absolute Gasteiger partial charge is 0.335 e. The van der Waals surface area contributed by atoms with E-state index in [0.717, 1.165) is 0 Å². The molecule has 2 rings (SSSR count). The van der Waals surface area contributed by atoms with E-state index in [9.17, 15) is 0 Å². The van der Waals surface area contributed by atoms with Crippen LogP contribution in [0.4, 0.5) is 6.01 Å². The molecule has 1 fully saturated rings. The highest BCUT2D eigenvalue weighted by Crippen LogP contribution is 2.35. The Morgan fingerprint density at radius 3 is 2.53 bits per heavy atom. The minimum Gasteiger partial charge on any atom is -0.335 e. The lowest BCUT2D eigenvalue weighted by Crippen LogP contribution is -2.29. The fourth-order valence-electron chi connectivity index (χ4n) is 2.07. The number of aromatic nitrogens is 2. The van der Waals surface area contributed by atoms with Gasteiger partial charge in [0.15, 0.2) is 5.82 Å². The van der Waals surface area contributed by atoms with Gasteiger partial charge in [-0.25, -0.2) is 0 Å². The number of nitrogens with one attached hydrogen (secondary N) is 1. The van der Waals surface area contributed by atoms with Crippen LogP contribution in [0.3, 0.4) is 0 Å². The molecule has 4 nitrogen and oxygen atoms in total. The van der Waals surface area contributed by atoms with Gasteiger partial charge in [0.25, 0.3) is 0 Å². The van der Waals surface area contributed by atoms with Crippen molar-refractivity contribution in [3.63, 3.8) is 0 Å². The number of hydrogen-bond donors (Lipinski definition) is 1. The zero-order chi connectivity index (χ0) is 10.9. The Morgan fingerprint density at radius 1 is 1.33 bits per heavy atom. The van der Waals surface area contributed by atoms with E-state index in [-0.39, 0.29) is 0 Å². The summed E-state index contributed by atoms with van der Waals surface area (Å²) in [6, 6.07) is 1.06. The molecule has 0 saturated heterocycles. The minimum absolute atomic E-state index is 0.498. The van der Waals surface area contributed by atoms with Crippen molar-refractivity contribution in [2.45, 2.75) is 52.5 Å². The fourth-order valence-corrected chi connectivity index (χ4v) is 2.07. The van der Waals surface area contributed by atoms with E-state index >= 15 is 0 Å². The molecule has 1 saturated carbocycles. The molecular weight excluding hydrogens is 190 g/mol. The molecule has 1 aromatic heterocycles. The summed E-state index contributed by atoms with van der Waals surface area (Å²) in [5.74, 6) is 0.689. The highest BCUT2D eigenvalue weighted by atomic mass is 16.5. The number of hydrogen-bond acceptors (Lipinski definition) is 4. The second-order valence-electron chi connectivity index (χ2n) is 5.23. The lowest BCUT2D eigenvalue weighted by Gasteiger charge is -2.34. The number of anilines is 1. The molecule has 1 heterocycles. The molecule has 1 aliphatic rings. The van der Waals surface area contributed by atoms with Crippen LogP contribution in [0.1, 0.15) is 45.4 Å². The van der Waals surface area contributed by atoms with Crippen molar-refractivity contribution in [1.29, 1.82) is 0 Å². The zero-order valence-electron chi connectivity index (χ0n) is 9.71. The second-order valence-corrected chi connectivity index (χ2v) is 5.23. The van der Waals surface area contributed by atoms with Crippen molar-refractivity contribution in [2.24, 2.45) is 5.41 Å². The molecule has 84 valence electrons. The third-order valence-electron chi connectivity index (χ3n) is 3.19. The molecule has 0 spiro atoms. The molecule has 0 radical (unpaired) electrons. The average Bonchev–Trinajstić information content (AvgIpc) is 2.55. The monoisotopic (exact) mass is 209 g/mol. The lowest BCUT2D eigenvalue weighted by atomic mass is 9.76. The summed E-state index contributed by atoms with van der Waals surface area (Å²) < 4.78 is 5.05. The van der Waals surface area contributed by atoms with Crippen LogP contribution in [0.25, 0.3) is 0 Å². The van der Waals surface area contributed by atoms with Gasteiger partial charge in [-0.1, -0.05) is 19.0 Å². The van der Waals surface area contributed by atoms with Crippen LogP contribution in [-0.4, -0.2) is 16.2 Å². The first-order valence-corrected chi connectivity index (χ1v) is 5.62. The Hall–Kier alpha value is -1.06. The summed E-state index contributed by atoms with van der Waals surface area (Å²) in [6.45, 7) is 6.50. The molecule has 0 amide bonds. The molecule has 1 aliphatic carbocycles. The Labute approximate surface area is 90.4 Å². The van der Waals surface area contributed by atoms with Crippen molar-refractivity contribution in [3.8, 4) is 0 Å². The highest BCUT2D eigenvalue weighted by molar-refractivity contribution is 5.20. The Morgan fingerprint density at radius 2 is 2.00 bits per heavy atom. The van der Waals surface area contributed by atoms with Gasteiger partial charge in [0.05, 0.1) is 0 Å². The van der Waals surface area contributed by atoms with E-state index in [1.165, 1.54) is 25.7 Å². The van der Waals surface area contributed by atoms with E-state index in [1.807, 2.05) is 6.92 Å². The first-order chi connectivity index (χ1) is 7.05. The Bertz CT molecular complexity index is 322. The molecule has 15 heavy (non-hydrogen) atoms. The number of aryl methyl sites for hydroxylation is 1. The van der Waals surface area contributed by atoms with Gasteiger partial charge in [-0.05, 0) is 38.0 Å². The summed E-state index contributed by atoms with van der Waals surface area (Å²) in [7, 11) is 0. The summed E-state index contributed by atoms with van der Waals surface area (Å²) in [6.07, 6.45) is 4.90. The van der Waals surface area contributed by atoms with Crippen LogP contribution in [0.2, 0.25) is 0 Å². The van der Waals surface area contributed by atoms with Crippen molar-refractivity contribution in [3.05, 3.63) is 5.82 Å². The number of nitrogens with zero attached hydrogens (tertiary/aromatic N) is 2. The van der Waals surface area contributed by atoms with Gasteiger partial charge in [-0.3, -0.25) is 0 Å². The van der Waals surface area contributed by atoms with E-state index in [0.29, 0.717) is 23.3 Å². The molecule has 4 heteroatoms. The SMILES string of the molecule is Cc1noc(NC2CCC(C)(C)CC2)n1. The average molecular weight is 209 g/mol. The predicted octanol–water partition coefficient (Wildman–Crippen LogP) is 2.76. The molecule has 0 bridgehead atoms. The molecule has 0 aliphatic heterocycles. The third kappa shape index (κ3) is 2.70. The van der Waals surface area contributed by atoms with Gasteiger partial charge in [-0.15, -0.1) is 0 Å². The maximum atomic E-state index is 5.05. The Balaban J connectivity index is 1.87. The molecule has 0 atom stereocenters. The first-order valence-electron chi connectivity index (χ1n) is 5.62. The van der Waals surface area contributed by atoms with Crippen LogP contribution in [-0.2, 0) is 0 Å². The van der Waals surface area contributed by atoms with Gasteiger partial charge >= 0.3 is 6.01 Å². The first kappa shape index (κ1) is 10.5. The van der Waals surface area contributed by atoms with Crippen LogP contribution in [0, 0.1) is 12.3 Å². The van der Waals surface area contributed by atoms with Crippen LogP contribution >= 0.6 is 0 Å². The summed E-state index contributed by atoms with van der Waals surface area (Å²) in [5, 5.41) is 7.06. The smallest absolute Gasteiger partial charge is 0.321 e. The van der Waals surface area contributed by atoms with Gasteiger partial charge in [0.1, 0.15) is 0 Å². The van der Waals surface area contributed by atoms with Crippen molar-refractivity contribution in [1.82, 2.24) is 10.1 Å². The van der Waals surface area contributed by atoms with Crippen molar-refractivity contribution in [2.75, 3.05) is 5.32 Å². The fraction of sp³-hybridized carbons (Fsp3) is 0.818. The minimum atomic E-state index is 0.498. The summed E-state index contributed by atoms with van der Waals surface area (Å²) in [4.78, 5) is 4.15. The maximum absolute atomic E-state index is 5.05. The predicted molar refractivity (Wildman–Crippen MR) is 58.7 cm³/mol. The van der Waals surface area contributed by atoms with E-state index in [2.05, 4.69) is 29.3 Å². The Kier molecular flexibility index (Phi) is 2.67. The van der Waals surface area contributed by atoms with Crippen LogP contribution in [0.5, 0.6) is 0 Å². The topological polar surface area (TPSA) is 51.0 Å². The van der Waals surface area contributed by atoms with Crippen LogP contribution < -0.4 is 5.32 Å². The van der Waals surface area contributed by atoms with E-state index < -0.39 is 0 Å². The maximum Gasteiger partial charge on any atom is 0.321 e. The van der Waals surface area contributed by atoms with Crippen LogP contribution in [0.15, 0.2) is 4.52 Å². The third-order valence-corrected chi connectivity index (χ3v) is 3.19. The quantitative estimate of drug-likeness (QED) is 0.813. The highest BCUT2D eigenvalue weighted by Gasteiger charge is 2.27. The molecular formula is C11H19N3O. The summed E-state index contributed by atoms with van der Waals surface area (Å²) in [5.41, 5.74) is 0.503. The lowest BCUT2D eigenvalue weighted by molar-refractivity contribution is 0.230. The van der Waals surface area contributed by atoms with Gasteiger partial charge in [0, 0.05) is 6.04 Å². The molecule has 1 N–H and O–H groups in total.